The summed E-state index contributed by atoms with van der Waals surface area (Å²) in [5.41, 5.74) is 7.49. The van der Waals surface area contributed by atoms with Gasteiger partial charge in [-0.25, -0.2) is 4.79 Å². The average molecular weight is 252 g/mol. The van der Waals surface area contributed by atoms with Crippen LogP contribution < -0.4 is 11.1 Å². The number of aliphatic hydroxyl groups is 1. The third kappa shape index (κ3) is 3.74. The number of nitrogen functional groups attached to an aromatic ring is 1. The second-order valence-electron chi connectivity index (χ2n) is 3.97. The van der Waals surface area contributed by atoms with Crippen LogP contribution in [0.4, 0.5) is 5.69 Å². The standard InChI is InChI=1S/C12H16N2O4/c1-7-6-8(2-3-9(7)13)11(16)14-5-4-10(15)12(17)18/h2-3,6,10,15H,4-5,13H2,1H3,(H,14,16)(H,17,18)/t10-/m0/s1. The highest BCUT2D eigenvalue weighted by Gasteiger charge is 2.13. The first-order chi connectivity index (χ1) is 8.41. The zero-order valence-corrected chi connectivity index (χ0v) is 10.0. The lowest BCUT2D eigenvalue weighted by atomic mass is 10.1. The predicted molar refractivity (Wildman–Crippen MR) is 66.2 cm³/mol. The number of carboxylic acid groups (broad SMARTS) is 1. The number of anilines is 1. The third-order valence-corrected chi connectivity index (χ3v) is 2.52. The van der Waals surface area contributed by atoms with Gasteiger partial charge in [0.2, 0.25) is 0 Å². The van der Waals surface area contributed by atoms with Crippen molar-refractivity contribution in [3.8, 4) is 0 Å². The average Bonchev–Trinajstić information content (AvgIpc) is 2.32. The van der Waals surface area contributed by atoms with Crippen LogP contribution in [0.1, 0.15) is 22.3 Å². The highest BCUT2D eigenvalue weighted by molar-refractivity contribution is 5.94. The maximum atomic E-state index is 11.7. The predicted octanol–water partition coefficient (Wildman–Crippen LogP) is 0.143. The second kappa shape index (κ2) is 6.02. The molecule has 5 N–H and O–H groups in total. The molecule has 1 aromatic carbocycles. The van der Waals surface area contributed by atoms with E-state index in [1.54, 1.807) is 25.1 Å². The van der Waals surface area contributed by atoms with Crippen LogP contribution in [0.2, 0.25) is 0 Å². The van der Waals surface area contributed by atoms with Gasteiger partial charge in [0.1, 0.15) is 0 Å². The molecule has 1 aromatic rings. The fourth-order valence-corrected chi connectivity index (χ4v) is 1.36. The molecule has 0 fully saturated rings. The summed E-state index contributed by atoms with van der Waals surface area (Å²) in [5, 5.41) is 20.0. The molecule has 0 saturated heterocycles. The van der Waals surface area contributed by atoms with Gasteiger partial charge in [-0.3, -0.25) is 4.79 Å². The summed E-state index contributed by atoms with van der Waals surface area (Å²) in [7, 11) is 0. The molecule has 18 heavy (non-hydrogen) atoms. The third-order valence-electron chi connectivity index (χ3n) is 2.52. The second-order valence-corrected chi connectivity index (χ2v) is 3.97. The van der Waals surface area contributed by atoms with Crippen molar-refractivity contribution in [3.63, 3.8) is 0 Å². The normalized spacial score (nSPS) is 11.9. The van der Waals surface area contributed by atoms with E-state index in [1.807, 2.05) is 0 Å². The molecule has 0 radical (unpaired) electrons. The molecule has 0 aliphatic heterocycles. The molecular weight excluding hydrogens is 236 g/mol. The van der Waals surface area contributed by atoms with Crippen LogP contribution >= 0.6 is 0 Å². The smallest absolute Gasteiger partial charge is 0.332 e. The number of nitrogens with one attached hydrogen (secondary N) is 1. The van der Waals surface area contributed by atoms with E-state index in [9.17, 15) is 9.59 Å². The summed E-state index contributed by atoms with van der Waals surface area (Å²) >= 11 is 0. The number of carbonyl (C=O) groups excluding carboxylic acids is 1. The zero-order chi connectivity index (χ0) is 13.7. The van der Waals surface area contributed by atoms with E-state index in [0.29, 0.717) is 11.3 Å². The molecule has 0 aliphatic rings. The minimum atomic E-state index is -1.46. The van der Waals surface area contributed by atoms with Crippen molar-refractivity contribution in [1.29, 1.82) is 0 Å². The lowest BCUT2D eigenvalue weighted by molar-refractivity contribution is -0.146. The van der Waals surface area contributed by atoms with E-state index >= 15 is 0 Å². The lowest BCUT2D eigenvalue weighted by Gasteiger charge is -2.08. The highest BCUT2D eigenvalue weighted by atomic mass is 16.4. The Bertz CT molecular complexity index is 459. The Morgan fingerprint density at radius 1 is 1.44 bits per heavy atom. The van der Waals surface area contributed by atoms with E-state index in [0.717, 1.165) is 5.56 Å². The summed E-state index contributed by atoms with van der Waals surface area (Å²) in [6.07, 6.45) is -1.49. The fourth-order valence-electron chi connectivity index (χ4n) is 1.36. The van der Waals surface area contributed by atoms with Crippen LogP contribution in [0.25, 0.3) is 0 Å². The van der Waals surface area contributed by atoms with Gasteiger partial charge < -0.3 is 21.3 Å². The van der Waals surface area contributed by atoms with E-state index in [1.165, 1.54) is 0 Å². The molecular formula is C12H16N2O4. The summed E-state index contributed by atoms with van der Waals surface area (Å²) < 4.78 is 0. The van der Waals surface area contributed by atoms with Crippen molar-refractivity contribution in [3.05, 3.63) is 29.3 Å². The van der Waals surface area contributed by atoms with E-state index < -0.39 is 12.1 Å². The molecule has 0 heterocycles. The van der Waals surface area contributed by atoms with Crippen LogP contribution in [0.3, 0.4) is 0 Å². The van der Waals surface area contributed by atoms with Crippen molar-refractivity contribution in [2.45, 2.75) is 19.4 Å². The van der Waals surface area contributed by atoms with Crippen LogP contribution in [0, 0.1) is 6.92 Å². The fraction of sp³-hybridized carbons (Fsp3) is 0.333. The summed E-state index contributed by atoms with van der Waals surface area (Å²) in [6, 6.07) is 4.87. The number of hydrogen-bond acceptors (Lipinski definition) is 4. The van der Waals surface area contributed by atoms with Gasteiger partial charge in [0.15, 0.2) is 6.10 Å². The Morgan fingerprint density at radius 3 is 2.67 bits per heavy atom. The molecule has 0 unspecified atom stereocenters. The van der Waals surface area contributed by atoms with Crippen LogP contribution in [-0.2, 0) is 4.79 Å². The van der Waals surface area contributed by atoms with Crippen LogP contribution in [0.15, 0.2) is 18.2 Å². The van der Waals surface area contributed by atoms with E-state index in [-0.39, 0.29) is 18.9 Å². The monoisotopic (exact) mass is 252 g/mol. The van der Waals surface area contributed by atoms with Gasteiger partial charge in [-0.2, -0.15) is 0 Å². The first-order valence-corrected chi connectivity index (χ1v) is 5.47. The molecule has 1 amide bonds. The van der Waals surface area contributed by atoms with Gasteiger partial charge in [-0.05, 0) is 30.7 Å². The van der Waals surface area contributed by atoms with E-state index in [4.69, 9.17) is 15.9 Å². The molecule has 1 atom stereocenters. The number of carbonyl (C=O) groups is 2. The lowest BCUT2D eigenvalue weighted by Crippen LogP contribution is -2.30. The summed E-state index contributed by atoms with van der Waals surface area (Å²) in [6.45, 7) is 1.88. The Kier molecular flexibility index (Phi) is 4.67. The molecule has 0 aliphatic carbocycles. The van der Waals surface area contributed by atoms with Crippen molar-refractivity contribution >= 4 is 17.6 Å². The van der Waals surface area contributed by atoms with Gasteiger partial charge in [0, 0.05) is 24.2 Å². The number of nitrogens with two attached hydrogens (primary N) is 1. The van der Waals surface area contributed by atoms with Crippen molar-refractivity contribution in [1.82, 2.24) is 5.32 Å². The molecule has 0 saturated carbocycles. The highest BCUT2D eigenvalue weighted by Crippen LogP contribution is 2.12. The molecule has 98 valence electrons. The Morgan fingerprint density at radius 2 is 2.11 bits per heavy atom. The minimum absolute atomic E-state index is 0.0327. The van der Waals surface area contributed by atoms with Crippen molar-refractivity contribution in [2.24, 2.45) is 0 Å². The number of carboxylic acids is 1. The number of benzene rings is 1. The number of rotatable bonds is 5. The van der Waals surface area contributed by atoms with Gasteiger partial charge in [-0.15, -0.1) is 0 Å². The first kappa shape index (κ1) is 14.0. The quantitative estimate of drug-likeness (QED) is 0.557. The van der Waals surface area contributed by atoms with Gasteiger partial charge in [0.25, 0.3) is 5.91 Å². The molecule has 0 spiro atoms. The van der Waals surface area contributed by atoms with Crippen molar-refractivity contribution in [2.75, 3.05) is 12.3 Å². The molecule has 0 aromatic heterocycles. The first-order valence-electron chi connectivity index (χ1n) is 5.47. The molecule has 1 rings (SSSR count). The maximum Gasteiger partial charge on any atom is 0.332 e. The Hall–Kier alpha value is -2.08. The minimum Gasteiger partial charge on any atom is -0.479 e. The maximum absolute atomic E-state index is 11.7. The zero-order valence-electron chi connectivity index (χ0n) is 10.0. The van der Waals surface area contributed by atoms with Crippen LogP contribution in [-0.4, -0.2) is 34.7 Å². The Balaban J connectivity index is 2.50. The molecule has 6 heteroatoms. The molecule has 6 nitrogen and oxygen atoms in total. The summed E-state index contributed by atoms with van der Waals surface area (Å²) in [4.78, 5) is 22.0. The largest absolute Gasteiger partial charge is 0.479 e. The number of aryl methyl sites for hydroxylation is 1. The Labute approximate surface area is 104 Å². The summed E-state index contributed by atoms with van der Waals surface area (Å²) in [5.74, 6) is -1.62. The molecule has 0 bridgehead atoms. The van der Waals surface area contributed by atoms with Crippen molar-refractivity contribution < 1.29 is 19.8 Å². The SMILES string of the molecule is Cc1cc(C(=O)NCC[C@H](O)C(=O)O)ccc1N. The van der Waals surface area contributed by atoms with E-state index in [2.05, 4.69) is 5.32 Å². The number of aliphatic hydroxyl groups excluding tert-OH is 1. The number of hydrogen-bond donors (Lipinski definition) is 4. The number of amides is 1. The van der Waals surface area contributed by atoms with Gasteiger partial charge >= 0.3 is 5.97 Å². The number of aliphatic carboxylic acids is 1. The van der Waals surface area contributed by atoms with Crippen LogP contribution in [0.5, 0.6) is 0 Å². The topological polar surface area (TPSA) is 113 Å². The van der Waals surface area contributed by atoms with Gasteiger partial charge in [-0.1, -0.05) is 0 Å². The van der Waals surface area contributed by atoms with Gasteiger partial charge in [0.05, 0.1) is 0 Å².